The van der Waals surface area contributed by atoms with E-state index in [1.807, 2.05) is 51.1 Å². The lowest BCUT2D eigenvalue weighted by Crippen LogP contribution is -2.32. The third kappa shape index (κ3) is 3.76. The van der Waals surface area contributed by atoms with Crippen molar-refractivity contribution in [2.24, 2.45) is 11.0 Å². The molecule has 0 saturated heterocycles. The van der Waals surface area contributed by atoms with Crippen LogP contribution in [0.1, 0.15) is 35.9 Å². The van der Waals surface area contributed by atoms with Crippen LogP contribution in [-0.4, -0.2) is 16.6 Å². The molecule has 0 radical (unpaired) electrons. The molecule has 0 fully saturated rings. The Morgan fingerprint density at radius 1 is 1.28 bits per heavy atom. The van der Waals surface area contributed by atoms with Gasteiger partial charge >= 0.3 is 0 Å². The van der Waals surface area contributed by atoms with E-state index in [9.17, 15) is 4.79 Å². The highest BCUT2D eigenvalue weighted by atomic mass is 16.2. The molecule has 1 aliphatic rings. The molecule has 1 atom stereocenters. The minimum atomic E-state index is -0.0332. The highest BCUT2D eigenvalue weighted by molar-refractivity contribution is 6.06. The van der Waals surface area contributed by atoms with E-state index in [4.69, 9.17) is 0 Å². The molecule has 1 unspecified atom stereocenters. The van der Waals surface area contributed by atoms with Crippen molar-refractivity contribution < 1.29 is 4.79 Å². The average molecular weight is 334 g/mol. The summed E-state index contributed by atoms with van der Waals surface area (Å²) < 4.78 is 0. The van der Waals surface area contributed by atoms with Gasteiger partial charge in [-0.15, -0.1) is 0 Å². The van der Waals surface area contributed by atoms with E-state index in [-0.39, 0.29) is 11.8 Å². The molecular weight excluding hydrogens is 312 g/mol. The topological polar surface area (TPSA) is 66.4 Å². The maximum Gasteiger partial charge on any atom is 0.240 e. The summed E-state index contributed by atoms with van der Waals surface area (Å²) in [5.74, 6) is 0.0758. The Balaban J connectivity index is 1.80. The zero-order chi connectivity index (χ0) is 18.0. The predicted molar refractivity (Wildman–Crippen MR) is 101 cm³/mol. The number of hydrazone groups is 1. The van der Waals surface area contributed by atoms with Gasteiger partial charge in [-0.05, 0) is 43.7 Å². The fourth-order valence-corrected chi connectivity index (χ4v) is 2.96. The molecule has 2 heterocycles. The zero-order valence-corrected chi connectivity index (χ0v) is 14.8. The lowest BCUT2D eigenvalue weighted by Gasteiger charge is -2.21. The summed E-state index contributed by atoms with van der Waals surface area (Å²) in [5.41, 5.74) is 9.13. The minimum absolute atomic E-state index is 0.0332. The molecule has 2 N–H and O–H groups in total. The molecule has 1 aromatic carbocycles. The first kappa shape index (κ1) is 16.9. The molecule has 0 aliphatic carbocycles. The van der Waals surface area contributed by atoms with Gasteiger partial charge < -0.3 is 5.32 Å². The van der Waals surface area contributed by atoms with Crippen LogP contribution in [0.5, 0.6) is 0 Å². The van der Waals surface area contributed by atoms with E-state index >= 15 is 0 Å². The molecule has 3 rings (SSSR count). The summed E-state index contributed by atoms with van der Waals surface area (Å²) in [6.07, 6.45) is 0.466. The summed E-state index contributed by atoms with van der Waals surface area (Å²) in [6.45, 7) is 10.1. The van der Waals surface area contributed by atoms with Crippen molar-refractivity contribution in [3.8, 4) is 0 Å². The van der Waals surface area contributed by atoms with Crippen LogP contribution in [0, 0.1) is 19.8 Å². The van der Waals surface area contributed by atoms with Gasteiger partial charge in [0.15, 0.2) is 0 Å². The highest BCUT2D eigenvalue weighted by Gasteiger charge is 2.22. The summed E-state index contributed by atoms with van der Waals surface area (Å²) in [6, 6.07) is 11.9. The van der Waals surface area contributed by atoms with Crippen molar-refractivity contribution in [3.05, 3.63) is 65.5 Å². The van der Waals surface area contributed by atoms with E-state index < -0.39 is 0 Å². The number of rotatable bonds is 4. The molecule has 0 spiro atoms. The Bertz CT molecular complexity index is 870. The number of amides is 1. The third-order valence-electron chi connectivity index (χ3n) is 4.25. The molecule has 5 nitrogen and oxygen atoms in total. The van der Waals surface area contributed by atoms with Crippen LogP contribution in [0.15, 0.2) is 48.1 Å². The number of hydrogen-bond acceptors (Lipinski definition) is 4. The van der Waals surface area contributed by atoms with Crippen LogP contribution in [-0.2, 0) is 4.79 Å². The SMILES string of the molecule is C=C(Nc1ccc(C2=NNC(=O)CC2C)c(C)c1)c1cccc(C)n1. The van der Waals surface area contributed by atoms with E-state index in [0.717, 1.165) is 39.6 Å². The number of anilines is 1. The average Bonchev–Trinajstić information content (AvgIpc) is 2.56. The van der Waals surface area contributed by atoms with Crippen molar-refractivity contribution in [2.45, 2.75) is 27.2 Å². The van der Waals surface area contributed by atoms with Crippen LogP contribution in [0.25, 0.3) is 5.70 Å². The standard InChI is InChI=1S/C20H22N4O/c1-12-10-16(22-15(4)18-7-5-6-14(3)21-18)8-9-17(12)20-13(2)11-19(25)23-24-20/h5-10,13,22H,4,11H2,1-3H3,(H,23,25). The van der Waals surface area contributed by atoms with Crippen molar-refractivity contribution in [3.63, 3.8) is 0 Å². The fourth-order valence-electron chi connectivity index (χ4n) is 2.96. The van der Waals surface area contributed by atoms with Gasteiger partial charge in [-0.3, -0.25) is 9.78 Å². The van der Waals surface area contributed by atoms with Gasteiger partial charge in [0, 0.05) is 29.3 Å². The molecule has 128 valence electrons. The van der Waals surface area contributed by atoms with Crippen molar-refractivity contribution in [2.75, 3.05) is 5.32 Å². The number of benzene rings is 1. The number of carbonyl (C=O) groups is 1. The van der Waals surface area contributed by atoms with Crippen molar-refractivity contribution >= 4 is 23.0 Å². The quantitative estimate of drug-likeness (QED) is 0.897. The van der Waals surface area contributed by atoms with Crippen LogP contribution in [0.3, 0.4) is 0 Å². The van der Waals surface area contributed by atoms with Gasteiger partial charge in [-0.25, -0.2) is 5.43 Å². The Labute approximate surface area is 147 Å². The number of nitrogens with zero attached hydrogens (tertiary/aromatic N) is 2. The monoisotopic (exact) mass is 334 g/mol. The lowest BCUT2D eigenvalue weighted by molar-refractivity contribution is -0.121. The number of nitrogens with one attached hydrogen (secondary N) is 2. The van der Waals surface area contributed by atoms with E-state index in [0.29, 0.717) is 6.42 Å². The third-order valence-corrected chi connectivity index (χ3v) is 4.25. The molecule has 1 aromatic heterocycles. The number of aryl methyl sites for hydroxylation is 2. The van der Waals surface area contributed by atoms with Crippen molar-refractivity contribution in [1.82, 2.24) is 10.4 Å². The second-order valence-electron chi connectivity index (χ2n) is 6.43. The summed E-state index contributed by atoms with van der Waals surface area (Å²) in [5, 5.41) is 7.55. The number of aromatic nitrogens is 1. The van der Waals surface area contributed by atoms with Crippen molar-refractivity contribution in [1.29, 1.82) is 0 Å². The number of carbonyl (C=O) groups excluding carboxylic acids is 1. The smallest absolute Gasteiger partial charge is 0.240 e. The summed E-state index contributed by atoms with van der Waals surface area (Å²) >= 11 is 0. The zero-order valence-electron chi connectivity index (χ0n) is 14.8. The first-order valence-electron chi connectivity index (χ1n) is 8.31. The van der Waals surface area contributed by atoms with Crippen LogP contribution in [0.2, 0.25) is 0 Å². The number of hydrogen-bond donors (Lipinski definition) is 2. The van der Waals surface area contributed by atoms with Crippen LogP contribution < -0.4 is 10.7 Å². The Morgan fingerprint density at radius 2 is 2.08 bits per heavy atom. The Morgan fingerprint density at radius 3 is 2.76 bits per heavy atom. The van der Waals surface area contributed by atoms with Gasteiger partial charge in [0.2, 0.25) is 5.91 Å². The predicted octanol–water partition coefficient (Wildman–Crippen LogP) is 3.64. The normalized spacial score (nSPS) is 16.8. The van der Waals surface area contributed by atoms with Gasteiger partial charge in [-0.2, -0.15) is 5.10 Å². The lowest BCUT2D eigenvalue weighted by atomic mass is 9.91. The maximum atomic E-state index is 11.4. The molecule has 1 amide bonds. The van der Waals surface area contributed by atoms with Gasteiger partial charge in [-0.1, -0.05) is 25.6 Å². The molecule has 25 heavy (non-hydrogen) atoms. The van der Waals surface area contributed by atoms with Gasteiger partial charge in [0.25, 0.3) is 0 Å². The second-order valence-corrected chi connectivity index (χ2v) is 6.43. The maximum absolute atomic E-state index is 11.4. The number of pyridine rings is 1. The molecule has 0 saturated carbocycles. The molecule has 5 heteroatoms. The largest absolute Gasteiger partial charge is 0.354 e. The molecule has 1 aliphatic heterocycles. The Hall–Kier alpha value is -2.95. The van der Waals surface area contributed by atoms with E-state index in [1.54, 1.807) is 0 Å². The van der Waals surface area contributed by atoms with Crippen LogP contribution >= 0.6 is 0 Å². The molecular formula is C20H22N4O. The summed E-state index contributed by atoms with van der Waals surface area (Å²) in [7, 11) is 0. The van der Waals surface area contributed by atoms with Gasteiger partial charge in [0.05, 0.1) is 17.1 Å². The minimum Gasteiger partial charge on any atom is -0.354 e. The van der Waals surface area contributed by atoms with Crippen LogP contribution in [0.4, 0.5) is 5.69 Å². The van der Waals surface area contributed by atoms with Gasteiger partial charge in [0.1, 0.15) is 0 Å². The fraction of sp³-hybridized carbons (Fsp3) is 0.250. The summed E-state index contributed by atoms with van der Waals surface area (Å²) in [4.78, 5) is 15.9. The van der Waals surface area contributed by atoms with E-state index in [1.165, 1.54) is 0 Å². The second kappa shape index (κ2) is 6.89. The highest BCUT2D eigenvalue weighted by Crippen LogP contribution is 2.24. The molecule has 0 bridgehead atoms. The van der Waals surface area contributed by atoms with E-state index in [2.05, 4.69) is 33.5 Å². The first-order valence-corrected chi connectivity index (χ1v) is 8.31. The molecule has 2 aromatic rings. The Kier molecular flexibility index (Phi) is 4.65. The first-order chi connectivity index (χ1) is 11.9.